The monoisotopic (exact) mass is 320 g/mol. The largest absolute Gasteiger partial charge is 0.378 e. The molecule has 0 rings (SSSR count). The van der Waals surface area contributed by atoms with Crippen molar-refractivity contribution >= 4 is 21.1 Å². The number of nitrogens with one attached hydrogen (secondary N) is 1. The van der Waals surface area contributed by atoms with Crippen LogP contribution in [0.3, 0.4) is 0 Å². The maximum absolute atomic E-state index is 11.3. The Morgan fingerprint density at radius 2 is 1.68 bits per heavy atom. The van der Waals surface area contributed by atoms with Crippen molar-refractivity contribution in [2.75, 3.05) is 26.3 Å². The lowest BCUT2D eigenvalue weighted by molar-refractivity contribution is -0.121. The second-order valence-corrected chi connectivity index (χ2v) is 7.62. The molecule has 0 radical (unpaired) electrons. The highest BCUT2D eigenvalue weighted by atomic mass is 31.2. The van der Waals surface area contributed by atoms with Gasteiger partial charge < -0.3 is 35.4 Å². The van der Waals surface area contributed by atoms with Crippen LogP contribution in [0.5, 0.6) is 0 Å². The van der Waals surface area contributed by atoms with E-state index in [2.05, 4.69) is 5.32 Å². The van der Waals surface area contributed by atoms with E-state index in [1.165, 1.54) is 0 Å². The van der Waals surface area contributed by atoms with Crippen LogP contribution in [0, 0.1) is 0 Å². The summed E-state index contributed by atoms with van der Waals surface area (Å²) in [5, 5.41) is -0.104. The minimum absolute atomic E-state index is 0.0495. The molecule has 114 valence electrons. The van der Waals surface area contributed by atoms with Gasteiger partial charge in [0.05, 0.1) is 19.6 Å². The van der Waals surface area contributed by atoms with Crippen molar-refractivity contribution in [3.8, 4) is 0 Å². The van der Waals surface area contributed by atoms with Crippen LogP contribution in [0.15, 0.2) is 0 Å². The molecule has 1 amide bonds. The van der Waals surface area contributed by atoms with E-state index in [-0.39, 0.29) is 13.2 Å². The Hall–Kier alpha value is -0.310. The number of carbonyl (C=O) groups excluding carboxylic acids is 1. The fraction of sp³-hybridized carbons (Fsp3) is 0.857. The van der Waals surface area contributed by atoms with Crippen molar-refractivity contribution in [2.24, 2.45) is 5.73 Å². The molecule has 12 heteroatoms. The minimum atomic E-state index is -5.07. The smallest absolute Gasteiger partial charge is 0.341 e. The zero-order chi connectivity index (χ0) is 15.1. The van der Waals surface area contributed by atoms with Gasteiger partial charge in [0.15, 0.2) is 5.40 Å². The van der Waals surface area contributed by atoms with E-state index >= 15 is 0 Å². The summed E-state index contributed by atoms with van der Waals surface area (Å²) in [6.07, 6.45) is -0.967. The Bertz CT molecular complexity index is 355. The van der Waals surface area contributed by atoms with E-state index in [9.17, 15) is 13.9 Å². The van der Waals surface area contributed by atoms with Crippen molar-refractivity contribution in [3.05, 3.63) is 0 Å². The molecule has 0 atom stereocenters. The highest BCUT2D eigenvalue weighted by Gasteiger charge is 2.44. The molecule has 0 saturated heterocycles. The zero-order valence-corrected chi connectivity index (χ0v) is 11.8. The van der Waals surface area contributed by atoms with Crippen LogP contribution in [0.1, 0.15) is 6.42 Å². The molecule has 0 aliphatic heterocycles. The molecule has 0 unspecified atom stereocenters. The normalized spacial score (nSPS) is 12.7. The second kappa shape index (κ2) is 8.08. The molecule has 0 aromatic heterocycles. The first-order chi connectivity index (χ1) is 8.59. The Balaban J connectivity index is 4.28. The van der Waals surface area contributed by atoms with Gasteiger partial charge in [-0.1, -0.05) is 0 Å². The van der Waals surface area contributed by atoms with Crippen molar-refractivity contribution < 1.29 is 38.2 Å². The topological polar surface area (TPSA) is 179 Å². The van der Waals surface area contributed by atoms with Gasteiger partial charge in [0.25, 0.3) is 0 Å². The van der Waals surface area contributed by atoms with Crippen LogP contribution in [-0.2, 0) is 18.7 Å². The third kappa shape index (κ3) is 8.46. The average molecular weight is 320 g/mol. The lowest BCUT2D eigenvalue weighted by atomic mass is 10.4. The first-order valence-corrected chi connectivity index (χ1v) is 8.60. The molecular formula is C7H18N2O8P2. The minimum Gasteiger partial charge on any atom is -0.378 e. The molecule has 0 bridgehead atoms. The molecule has 0 saturated carbocycles. The van der Waals surface area contributed by atoms with Gasteiger partial charge in [-0.3, -0.25) is 13.9 Å². The first-order valence-electron chi connectivity index (χ1n) is 5.24. The lowest BCUT2D eigenvalue weighted by Crippen LogP contribution is -2.30. The maximum Gasteiger partial charge on any atom is 0.341 e. The summed E-state index contributed by atoms with van der Waals surface area (Å²) in [6.45, 7) is 0.795. The van der Waals surface area contributed by atoms with Gasteiger partial charge in [-0.05, 0) is 0 Å². The predicted molar refractivity (Wildman–Crippen MR) is 65.4 cm³/mol. The van der Waals surface area contributed by atoms with E-state index in [4.69, 9.17) is 30.0 Å². The highest BCUT2D eigenvalue weighted by molar-refractivity contribution is 7.70. The molecule has 0 aromatic carbocycles. The second-order valence-electron chi connectivity index (χ2n) is 3.61. The van der Waals surface area contributed by atoms with Gasteiger partial charge in [-0.2, -0.15) is 0 Å². The Kier molecular flexibility index (Phi) is 7.95. The molecular weight excluding hydrogens is 302 g/mol. The number of hydrogen-bond donors (Lipinski definition) is 6. The van der Waals surface area contributed by atoms with Crippen LogP contribution >= 0.6 is 15.2 Å². The van der Waals surface area contributed by atoms with Crippen molar-refractivity contribution in [1.82, 2.24) is 5.32 Å². The first kappa shape index (κ1) is 18.7. The molecule has 0 aliphatic rings. The van der Waals surface area contributed by atoms with Crippen molar-refractivity contribution in [2.45, 2.75) is 11.8 Å². The predicted octanol–water partition coefficient (Wildman–Crippen LogP) is -1.85. The van der Waals surface area contributed by atoms with Gasteiger partial charge in [0.2, 0.25) is 5.91 Å². The summed E-state index contributed by atoms with van der Waals surface area (Å²) < 4.78 is 26.8. The average Bonchev–Trinajstić information content (AvgIpc) is 2.22. The zero-order valence-electron chi connectivity index (χ0n) is 10.0. The molecule has 0 aliphatic carbocycles. The Morgan fingerprint density at radius 3 is 2.11 bits per heavy atom. The SMILES string of the molecule is NCCOCCNC(=O)CC(P(=O)(O)O)P(=O)(O)O. The summed E-state index contributed by atoms with van der Waals surface area (Å²) in [4.78, 5) is 46.5. The van der Waals surface area contributed by atoms with E-state index in [0.29, 0.717) is 13.2 Å². The van der Waals surface area contributed by atoms with Gasteiger partial charge in [0.1, 0.15) is 0 Å². The standard InChI is InChI=1S/C7H18N2O8P2/c8-1-3-17-4-2-9-6(10)5-7(18(11,12)13)19(14,15)16/h7H,1-5,8H2,(H,9,10)(H2,11,12,13)(H2,14,15,16). The van der Waals surface area contributed by atoms with Gasteiger partial charge in [-0.15, -0.1) is 0 Å². The van der Waals surface area contributed by atoms with Crippen LogP contribution < -0.4 is 11.1 Å². The summed E-state index contributed by atoms with van der Waals surface area (Å²) >= 11 is 0. The van der Waals surface area contributed by atoms with E-state index in [1.54, 1.807) is 0 Å². The third-order valence-corrected chi connectivity index (χ3v) is 5.70. The Morgan fingerprint density at radius 1 is 1.16 bits per heavy atom. The highest BCUT2D eigenvalue weighted by Crippen LogP contribution is 2.61. The van der Waals surface area contributed by atoms with E-state index < -0.39 is 32.9 Å². The molecule has 0 fully saturated rings. The van der Waals surface area contributed by atoms with E-state index in [1.807, 2.05) is 0 Å². The summed E-state index contributed by atoms with van der Waals surface area (Å²) in [6, 6.07) is 0. The number of hydrogen-bond acceptors (Lipinski definition) is 5. The van der Waals surface area contributed by atoms with Crippen LogP contribution in [0.4, 0.5) is 0 Å². The number of nitrogens with two attached hydrogens (primary N) is 1. The molecule has 0 heterocycles. The van der Waals surface area contributed by atoms with Gasteiger partial charge >= 0.3 is 15.2 Å². The fourth-order valence-corrected chi connectivity index (χ4v) is 3.49. The van der Waals surface area contributed by atoms with Crippen molar-refractivity contribution in [1.29, 1.82) is 0 Å². The third-order valence-electron chi connectivity index (χ3n) is 1.98. The molecule has 0 aromatic rings. The van der Waals surface area contributed by atoms with Gasteiger partial charge in [0, 0.05) is 13.1 Å². The fourth-order valence-electron chi connectivity index (χ4n) is 1.12. The lowest BCUT2D eigenvalue weighted by Gasteiger charge is -2.18. The number of ether oxygens (including phenoxy) is 1. The quantitative estimate of drug-likeness (QED) is 0.210. The maximum atomic E-state index is 11.3. The Labute approximate surface area is 109 Å². The van der Waals surface area contributed by atoms with Crippen LogP contribution in [0.2, 0.25) is 0 Å². The summed E-state index contributed by atoms with van der Waals surface area (Å²) in [5.41, 5.74) is 5.15. The van der Waals surface area contributed by atoms with Crippen LogP contribution in [-0.4, -0.2) is 57.2 Å². The van der Waals surface area contributed by atoms with Crippen molar-refractivity contribution in [3.63, 3.8) is 0 Å². The number of carbonyl (C=O) groups is 1. The molecule has 7 N–H and O–H groups in total. The molecule has 0 spiro atoms. The molecule has 19 heavy (non-hydrogen) atoms. The van der Waals surface area contributed by atoms with Crippen LogP contribution in [0.25, 0.3) is 0 Å². The number of amides is 1. The number of rotatable bonds is 9. The van der Waals surface area contributed by atoms with E-state index in [0.717, 1.165) is 0 Å². The summed E-state index contributed by atoms with van der Waals surface area (Å²) in [5.74, 6) is -0.881. The molecule has 10 nitrogen and oxygen atoms in total. The van der Waals surface area contributed by atoms with Gasteiger partial charge in [-0.25, -0.2) is 0 Å². The summed E-state index contributed by atoms with van der Waals surface area (Å²) in [7, 11) is -10.1.